The molecule has 11 unspecified atom stereocenters. The first kappa shape index (κ1) is 31.0. The number of carbonyl (C=O) groups is 5. The van der Waals surface area contributed by atoms with E-state index in [-0.39, 0.29) is 12.3 Å². The molecule has 0 heterocycles. The summed E-state index contributed by atoms with van der Waals surface area (Å²) in [5.74, 6) is -4.47. The molecule has 4 aliphatic carbocycles. The van der Waals surface area contributed by atoms with Gasteiger partial charge < -0.3 is 28.8 Å². The van der Waals surface area contributed by atoms with Crippen LogP contribution in [0.25, 0.3) is 0 Å². The van der Waals surface area contributed by atoms with Gasteiger partial charge in [-0.1, -0.05) is 27.4 Å². The maximum absolute atomic E-state index is 12.7. The average Bonchev–Trinajstić information content (AvgIpc) is 2.98. The topological polar surface area (TPSA) is 152 Å². The van der Waals surface area contributed by atoms with Crippen molar-refractivity contribution in [1.29, 1.82) is 0 Å². The maximum atomic E-state index is 12.7. The second kappa shape index (κ2) is 10.4. The standard InChI is InChI=1S/C30H42O11/c1-13-19-10-20(37-14(2)31)23-29(9)12-21(38-15(3)32)26(40-17(5)34)28(7,8)24(29)22(39-16(4)33)27(41-18(6)35)30(23,11-19)25(13)36/h19-27,36H,1,10-12H2,2-9H3. The SMILES string of the molecule is C=C1C2CC(OC(C)=O)C3C4(C)CC(OC(C)=O)C(OC(C)=O)C(C)(C)C4C(OC(C)=O)C(OC(C)=O)C3(C2)C1O. The summed E-state index contributed by atoms with van der Waals surface area (Å²) in [5.41, 5.74) is -2.68. The summed E-state index contributed by atoms with van der Waals surface area (Å²) < 4.78 is 29.6. The van der Waals surface area contributed by atoms with Gasteiger partial charge in [0, 0.05) is 57.3 Å². The molecule has 4 saturated carbocycles. The molecule has 0 saturated heterocycles. The predicted molar refractivity (Wildman–Crippen MR) is 142 cm³/mol. The Morgan fingerprint density at radius 2 is 1.20 bits per heavy atom. The van der Waals surface area contributed by atoms with E-state index in [0.717, 1.165) is 0 Å². The van der Waals surface area contributed by atoms with Crippen LogP contribution in [0.15, 0.2) is 12.2 Å². The number of fused-ring (bicyclic) bond motifs is 3. The highest BCUT2D eigenvalue weighted by molar-refractivity contribution is 5.69. The van der Waals surface area contributed by atoms with E-state index in [1.807, 2.05) is 20.8 Å². The maximum Gasteiger partial charge on any atom is 0.303 e. The zero-order chi connectivity index (χ0) is 30.8. The van der Waals surface area contributed by atoms with Gasteiger partial charge in [0.25, 0.3) is 0 Å². The van der Waals surface area contributed by atoms with Gasteiger partial charge in [-0.15, -0.1) is 0 Å². The molecule has 1 N–H and O–H groups in total. The Hall–Kier alpha value is -2.95. The molecule has 0 radical (unpaired) electrons. The zero-order valence-electron chi connectivity index (χ0n) is 25.1. The molecule has 0 aromatic heterocycles. The van der Waals surface area contributed by atoms with Crippen molar-refractivity contribution in [2.24, 2.45) is 34.0 Å². The van der Waals surface area contributed by atoms with E-state index >= 15 is 0 Å². The lowest BCUT2D eigenvalue weighted by Crippen LogP contribution is -2.76. The highest BCUT2D eigenvalue weighted by atomic mass is 16.6. The third-order valence-corrected chi connectivity index (χ3v) is 10.1. The predicted octanol–water partition coefficient (Wildman–Crippen LogP) is 2.65. The summed E-state index contributed by atoms with van der Waals surface area (Å²) in [6, 6.07) is 0. The van der Waals surface area contributed by atoms with E-state index in [1.54, 1.807) is 0 Å². The lowest BCUT2D eigenvalue weighted by molar-refractivity contribution is -0.316. The monoisotopic (exact) mass is 578 g/mol. The molecule has 0 aromatic carbocycles. The highest BCUT2D eigenvalue weighted by Crippen LogP contribution is 2.73. The van der Waals surface area contributed by atoms with Gasteiger partial charge in [-0.25, -0.2) is 0 Å². The van der Waals surface area contributed by atoms with E-state index in [2.05, 4.69) is 6.58 Å². The molecule has 2 bridgehead atoms. The minimum atomic E-state index is -1.23. The fraction of sp³-hybridized carbons (Fsp3) is 0.767. The van der Waals surface area contributed by atoms with E-state index in [1.165, 1.54) is 34.6 Å². The molecule has 0 amide bonds. The quantitative estimate of drug-likeness (QED) is 0.291. The minimum absolute atomic E-state index is 0.136. The van der Waals surface area contributed by atoms with Crippen LogP contribution in [0.4, 0.5) is 0 Å². The number of aliphatic hydroxyl groups is 1. The van der Waals surface area contributed by atoms with E-state index in [4.69, 9.17) is 23.7 Å². The lowest BCUT2D eigenvalue weighted by Gasteiger charge is -2.69. The summed E-state index contributed by atoms with van der Waals surface area (Å²) in [6.45, 7) is 16.1. The zero-order valence-corrected chi connectivity index (χ0v) is 25.1. The fourth-order valence-electron chi connectivity index (χ4n) is 9.52. The van der Waals surface area contributed by atoms with Gasteiger partial charge in [0.1, 0.15) is 30.5 Å². The number of esters is 5. The molecule has 1 spiro atoms. The fourth-order valence-corrected chi connectivity index (χ4v) is 9.52. The van der Waals surface area contributed by atoms with Gasteiger partial charge in [0.05, 0.1) is 6.10 Å². The summed E-state index contributed by atoms with van der Waals surface area (Å²) in [5, 5.41) is 11.9. The molecule has 0 aromatic rings. The van der Waals surface area contributed by atoms with Gasteiger partial charge in [-0.2, -0.15) is 0 Å². The second-order valence-electron chi connectivity index (χ2n) is 13.1. The van der Waals surface area contributed by atoms with E-state index < -0.39 is 94.6 Å². The molecular formula is C30H42O11. The summed E-state index contributed by atoms with van der Waals surface area (Å²) in [6.07, 6.45) is -5.06. The number of rotatable bonds is 5. The van der Waals surface area contributed by atoms with Gasteiger partial charge in [0.2, 0.25) is 0 Å². The van der Waals surface area contributed by atoms with Crippen LogP contribution in [-0.4, -0.2) is 71.6 Å². The lowest BCUT2D eigenvalue weighted by atomic mass is 9.38. The molecule has 41 heavy (non-hydrogen) atoms. The van der Waals surface area contributed by atoms with Crippen LogP contribution in [-0.2, 0) is 47.7 Å². The molecule has 4 fully saturated rings. The van der Waals surface area contributed by atoms with Crippen LogP contribution in [0.3, 0.4) is 0 Å². The van der Waals surface area contributed by atoms with Crippen molar-refractivity contribution in [1.82, 2.24) is 0 Å². The van der Waals surface area contributed by atoms with Gasteiger partial charge in [-0.3, -0.25) is 24.0 Å². The van der Waals surface area contributed by atoms with Crippen LogP contribution in [0.5, 0.6) is 0 Å². The molecule has 0 aliphatic heterocycles. The van der Waals surface area contributed by atoms with Crippen molar-refractivity contribution in [3.8, 4) is 0 Å². The summed E-state index contributed by atoms with van der Waals surface area (Å²) >= 11 is 0. The normalized spacial score (nSPS) is 42.2. The first-order chi connectivity index (χ1) is 18.9. The third-order valence-electron chi connectivity index (χ3n) is 10.1. The Kier molecular flexibility index (Phi) is 7.86. The average molecular weight is 579 g/mol. The molecule has 4 rings (SSSR count). The Morgan fingerprint density at radius 1 is 0.707 bits per heavy atom. The molecule has 11 atom stereocenters. The molecule has 11 nitrogen and oxygen atoms in total. The van der Waals surface area contributed by atoms with Gasteiger partial charge >= 0.3 is 29.8 Å². The summed E-state index contributed by atoms with van der Waals surface area (Å²) in [4.78, 5) is 62.3. The van der Waals surface area contributed by atoms with E-state index in [0.29, 0.717) is 18.4 Å². The molecule has 4 aliphatic rings. The highest BCUT2D eigenvalue weighted by Gasteiger charge is 2.79. The Morgan fingerprint density at radius 3 is 1.71 bits per heavy atom. The number of ether oxygens (including phenoxy) is 5. The van der Waals surface area contributed by atoms with Crippen LogP contribution >= 0.6 is 0 Å². The first-order valence-corrected chi connectivity index (χ1v) is 14.1. The molecular weight excluding hydrogens is 536 g/mol. The van der Waals surface area contributed by atoms with Crippen molar-refractivity contribution in [3.05, 3.63) is 12.2 Å². The first-order valence-electron chi connectivity index (χ1n) is 14.1. The van der Waals surface area contributed by atoms with Crippen LogP contribution in [0.1, 0.15) is 74.7 Å². The Labute approximate surface area is 240 Å². The molecule has 11 heteroatoms. The van der Waals surface area contributed by atoms with Crippen molar-refractivity contribution in [3.63, 3.8) is 0 Å². The number of carbonyl (C=O) groups excluding carboxylic acids is 5. The Bertz CT molecular complexity index is 1160. The number of hydrogen-bond acceptors (Lipinski definition) is 11. The van der Waals surface area contributed by atoms with Crippen molar-refractivity contribution >= 4 is 29.8 Å². The Balaban J connectivity index is 2.05. The van der Waals surface area contributed by atoms with Crippen molar-refractivity contribution in [2.75, 3.05) is 0 Å². The van der Waals surface area contributed by atoms with Crippen molar-refractivity contribution in [2.45, 2.75) is 111 Å². The van der Waals surface area contributed by atoms with Crippen LogP contribution in [0.2, 0.25) is 0 Å². The van der Waals surface area contributed by atoms with Crippen LogP contribution < -0.4 is 0 Å². The molecule has 228 valence electrons. The van der Waals surface area contributed by atoms with E-state index in [9.17, 15) is 29.1 Å². The number of aliphatic hydroxyl groups excluding tert-OH is 1. The van der Waals surface area contributed by atoms with Crippen molar-refractivity contribution < 1.29 is 52.8 Å². The third kappa shape index (κ3) is 4.83. The van der Waals surface area contributed by atoms with Gasteiger partial charge in [0.15, 0.2) is 0 Å². The smallest absolute Gasteiger partial charge is 0.303 e. The largest absolute Gasteiger partial charge is 0.462 e. The minimum Gasteiger partial charge on any atom is -0.462 e. The second-order valence-corrected chi connectivity index (χ2v) is 13.1. The summed E-state index contributed by atoms with van der Waals surface area (Å²) in [7, 11) is 0. The van der Waals surface area contributed by atoms with Gasteiger partial charge in [-0.05, 0) is 36.2 Å². The van der Waals surface area contributed by atoms with Crippen LogP contribution in [0, 0.1) is 34.0 Å². The number of hydrogen-bond donors (Lipinski definition) is 1.